The van der Waals surface area contributed by atoms with Crippen LogP contribution in [0.25, 0.3) is 0 Å². The third-order valence-corrected chi connectivity index (χ3v) is 7.53. The standard InChI is InChI=1S/C30H40O4S/c1-5-7-8-11-20-35-28-22-27-26(30(3,4)18-19-33-27)21-23(28)14-15-25-17-16-24(34-25)12-9-10-13-29(31)32-6-2/h16-17,21-22H,5-13,18-20H2,1-4H3. The smallest absolute Gasteiger partial charge is 0.305 e. The van der Waals surface area contributed by atoms with Gasteiger partial charge >= 0.3 is 5.97 Å². The first-order valence-corrected chi connectivity index (χ1v) is 14.1. The van der Waals surface area contributed by atoms with Crippen LogP contribution >= 0.6 is 11.8 Å². The van der Waals surface area contributed by atoms with Gasteiger partial charge in [0.25, 0.3) is 0 Å². The number of unbranched alkanes of at least 4 members (excludes halogenated alkanes) is 4. The summed E-state index contributed by atoms with van der Waals surface area (Å²) in [7, 11) is 0. The number of aryl methyl sites for hydroxylation is 1. The molecule has 0 radical (unpaired) electrons. The highest BCUT2D eigenvalue weighted by molar-refractivity contribution is 7.99. The molecule has 0 atom stereocenters. The number of esters is 1. The maximum absolute atomic E-state index is 11.5. The van der Waals surface area contributed by atoms with Gasteiger partial charge in [-0.3, -0.25) is 4.79 Å². The van der Waals surface area contributed by atoms with Crippen molar-refractivity contribution in [1.29, 1.82) is 0 Å². The van der Waals surface area contributed by atoms with Gasteiger partial charge in [0.15, 0.2) is 5.76 Å². The molecular weight excluding hydrogens is 456 g/mol. The van der Waals surface area contributed by atoms with Gasteiger partial charge in [-0.2, -0.15) is 0 Å². The van der Waals surface area contributed by atoms with Crippen molar-refractivity contribution >= 4 is 17.7 Å². The lowest BCUT2D eigenvalue weighted by Gasteiger charge is -2.33. The monoisotopic (exact) mass is 496 g/mol. The van der Waals surface area contributed by atoms with E-state index < -0.39 is 0 Å². The van der Waals surface area contributed by atoms with Gasteiger partial charge in [-0.1, -0.05) is 46.0 Å². The van der Waals surface area contributed by atoms with Crippen LogP contribution in [-0.4, -0.2) is 24.9 Å². The fourth-order valence-corrected chi connectivity index (χ4v) is 5.22. The lowest BCUT2D eigenvalue weighted by molar-refractivity contribution is -0.143. The predicted octanol–water partition coefficient (Wildman–Crippen LogP) is 7.69. The second kappa shape index (κ2) is 13.7. The first kappa shape index (κ1) is 27.3. The van der Waals surface area contributed by atoms with E-state index in [9.17, 15) is 4.79 Å². The molecule has 0 aliphatic carbocycles. The Balaban J connectivity index is 1.69. The molecule has 0 N–H and O–H groups in total. The van der Waals surface area contributed by atoms with Crippen molar-refractivity contribution in [3.63, 3.8) is 0 Å². The van der Waals surface area contributed by atoms with Gasteiger partial charge in [0.2, 0.25) is 0 Å². The lowest BCUT2D eigenvalue weighted by atomic mass is 9.79. The Labute approximate surface area is 215 Å². The van der Waals surface area contributed by atoms with Crippen LogP contribution in [0.15, 0.2) is 33.6 Å². The fourth-order valence-electron chi connectivity index (χ4n) is 4.20. The van der Waals surface area contributed by atoms with Crippen LogP contribution in [0.4, 0.5) is 0 Å². The molecule has 0 spiro atoms. The molecule has 0 unspecified atom stereocenters. The molecule has 3 rings (SSSR count). The van der Waals surface area contributed by atoms with E-state index in [2.05, 4.69) is 44.7 Å². The zero-order valence-corrected chi connectivity index (χ0v) is 22.7. The number of carbonyl (C=O) groups excluding carboxylic acids is 1. The SMILES string of the molecule is CCCCCCSc1cc2c(cc1C#Cc1ccc(CCCCC(=O)OCC)o1)C(C)(C)CCO2. The highest BCUT2D eigenvalue weighted by Gasteiger charge is 2.29. The summed E-state index contributed by atoms with van der Waals surface area (Å²) in [5, 5.41) is 0. The third kappa shape index (κ3) is 8.39. The minimum absolute atomic E-state index is 0.0791. The molecule has 1 aromatic heterocycles. The van der Waals surface area contributed by atoms with E-state index in [0.717, 1.165) is 55.1 Å². The molecule has 0 saturated heterocycles. The topological polar surface area (TPSA) is 48.7 Å². The van der Waals surface area contributed by atoms with Crippen LogP contribution in [0.1, 0.15) is 102 Å². The second-order valence-electron chi connectivity index (χ2n) is 9.76. The van der Waals surface area contributed by atoms with Gasteiger partial charge in [-0.15, -0.1) is 11.8 Å². The fraction of sp³-hybridized carbons (Fsp3) is 0.567. The zero-order chi connectivity index (χ0) is 25.1. The predicted molar refractivity (Wildman–Crippen MR) is 143 cm³/mol. The van der Waals surface area contributed by atoms with Gasteiger partial charge in [0.1, 0.15) is 11.5 Å². The average molecular weight is 497 g/mol. The summed E-state index contributed by atoms with van der Waals surface area (Å²) in [5.74, 6) is 10.2. The van der Waals surface area contributed by atoms with Crippen molar-refractivity contribution in [3.05, 3.63) is 46.9 Å². The van der Waals surface area contributed by atoms with E-state index in [0.29, 0.717) is 18.8 Å². The van der Waals surface area contributed by atoms with E-state index in [-0.39, 0.29) is 11.4 Å². The molecule has 0 amide bonds. The third-order valence-electron chi connectivity index (χ3n) is 6.39. The Hall–Kier alpha value is -2.32. The van der Waals surface area contributed by atoms with Crippen LogP contribution in [0.3, 0.4) is 0 Å². The van der Waals surface area contributed by atoms with Crippen molar-refractivity contribution in [2.45, 2.75) is 95.8 Å². The second-order valence-corrected chi connectivity index (χ2v) is 10.9. The van der Waals surface area contributed by atoms with Crippen molar-refractivity contribution in [2.24, 2.45) is 0 Å². The summed E-state index contributed by atoms with van der Waals surface area (Å²) in [6.07, 6.45) is 8.97. The minimum atomic E-state index is -0.129. The first-order chi connectivity index (χ1) is 16.9. The van der Waals surface area contributed by atoms with Crippen LogP contribution < -0.4 is 4.74 Å². The Morgan fingerprint density at radius 3 is 2.74 bits per heavy atom. The summed E-state index contributed by atoms with van der Waals surface area (Å²) in [5.41, 5.74) is 2.37. The molecule has 1 aliphatic heterocycles. The highest BCUT2D eigenvalue weighted by Crippen LogP contribution is 2.42. The quantitative estimate of drug-likeness (QED) is 0.130. The summed E-state index contributed by atoms with van der Waals surface area (Å²) in [6.45, 7) is 9.84. The van der Waals surface area contributed by atoms with Gasteiger partial charge in [0.05, 0.1) is 13.2 Å². The summed E-state index contributed by atoms with van der Waals surface area (Å²) >= 11 is 1.88. The molecule has 190 valence electrons. The van der Waals surface area contributed by atoms with Crippen LogP contribution in [0, 0.1) is 11.8 Å². The van der Waals surface area contributed by atoms with Crippen LogP contribution in [0.5, 0.6) is 5.75 Å². The molecular formula is C30H40O4S. The van der Waals surface area contributed by atoms with Crippen molar-refractivity contribution in [2.75, 3.05) is 19.0 Å². The molecule has 0 saturated carbocycles. The summed E-state index contributed by atoms with van der Waals surface area (Å²) in [6, 6.07) is 8.36. The van der Waals surface area contributed by atoms with E-state index in [4.69, 9.17) is 13.9 Å². The zero-order valence-electron chi connectivity index (χ0n) is 21.8. The van der Waals surface area contributed by atoms with Crippen molar-refractivity contribution in [3.8, 4) is 17.6 Å². The number of furan rings is 1. The lowest BCUT2D eigenvalue weighted by Crippen LogP contribution is -2.26. The maximum Gasteiger partial charge on any atom is 0.305 e. The maximum atomic E-state index is 11.5. The van der Waals surface area contributed by atoms with Gasteiger partial charge < -0.3 is 13.9 Å². The number of hydrogen-bond acceptors (Lipinski definition) is 5. The number of rotatable bonds is 12. The Morgan fingerprint density at radius 1 is 1.09 bits per heavy atom. The van der Waals surface area contributed by atoms with Gasteiger partial charge in [-0.25, -0.2) is 0 Å². The van der Waals surface area contributed by atoms with Crippen LogP contribution in [0.2, 0.25) is 0 Å². The normalized spacial score (nSPS) is 13.9. The first-order valence-electron chi connectivity index (χ1n) is 13.1. The molecule has 1 aromatic carbocycles. The molecule has 2 heterocycles. The molecule has 0 bridgehead atoms. The molecule has 4 nitrogen and oxygen atoms in total. The van der Waals surface area contributed by atoms with E-state index in [1.807, 2.05) is 30.8 Å². The summed E-state index contributed by atoms with van der Waals surface area (Å²) in [4.78, 5) is 12.7. The van der Waals surface area contributed by atoms with Crippen molar-refractivity contribution in [1.82, 2.24) is 0 Å². The number of hydrogen-bond donors (Lipinski definition) is 0. The molecule has 2 aromatic rings. The molecule has 0 fully saturated rings. The highest BCUT2D eigenvalue weighted by atomic mass is 32.2. The Morgan fingerprint density at radius 2 is 1.94 bits per heavy atom. The number of ether oxygens (including phenoxy) is 2. The number of fused-ring (bicyclic) bond motifs is 1. The van der Waals surface area contributed by atoms with Gasteiger partial charge in [0, 0.05) is 28.9 Å². The molecule has 5 heteroatoms. The number of carbonyl (C=O) groups is 1. The minimum Gasteiger partial charge on any atom is -0.493 e. The molecule has 35 heavy (non-hydrogen) atoms. The van der Waals surface area contributed by atoms with E-state index >= 15 is 0 Å². The van der Waals surface area contributed by atoms with Crippen LogP contribution in [-0.2, 0) is 21.4 Å². The van der Waals surface area contributed by atoms with E-state index in [1.54, 1.807) is 0 Å². The molecule has 1 aliphatic rings. The number of thioether (sulfide) groups is 1. The number of benzene rings is 1. The van der Waals surface area contributed by atoms with Gasteiger partial charge in [-0.05, 0) is 74.0 Å². The van der Waals surface area contributed by atoms with Crippen molar-refractivity contribution < 1.29 is 18.7 Å². The Bertz CT molecular complexity index is 1020. The summed E-state index contributed by atoms with van der Waals surface area (Å²) < 4.78 is 17.0. The average Bonchev–Trinajstić information content (AvgIpc) is 3.28. The van der Waals surface area contributed by atoms with E-state index in [1.165, 1.54) is 36.1 Å². The largest absolute Gasteiger partial charge is 0.493 e. The Kier molecular flexibility index (Phi) is 10.7.